The van der Waals surface area contributed by atoms with Crippen LogP contribution in [-0.2, 0) is 14.8 Å². The number of rotatable bonds is 5. The molecular formula is C18H16N2O4S3. The second kappa shape index (κ2) is 7.81. The second-order valence-corrected chi connectivity index (χ2v) is 8.99. The number of carbonyl (C=O) groups excluding carboxylic acids is 1. The Kier molecular flexibility index (Phi) is 5.66. The summed E-state index contributed by atoms with van der Waals surface area (Å²) in [7, 11) is -2.32. The molecule has 0 saturated carbocycles. The molecule has 9 heteroatoms. The fourth-order valence-corrected chi connectivity index (χ4v) is 4.79. The summed E-state index contributed by atoms with van der Waals surface area (Å²) in [6, 6.07) is 13.3. The molecule has 1 amide bonds. The first kappa shape index (κ1) is 19.6. The third kappa shape index (κ3) is 4.22. The van der Waals surface area contributed by atoms with Gasteiger partial charge in [0, 0.05) is 0 Å². The van der Waals surface area contributed by atoms with Gasteiger partial charge < -0.3 is 4.74 Å². The molecule has 1 aliphatic heterocycles. The Hall–Kier alpha value is -2.20. The number of aryl methyl sites for hydroxylation is 1. The molecule has 1 fully saturated rings. The van der Waals surface area contributed by atoms with E-state index >= 15 is 0 Å². The van der Waals surface area contributed by atoms with Crippen molar-refractivity contribution < 1.29 is 17.9 Å². The van der Waals surface area contributed by atoms with Gasteiger partial charge >= 0.3 is 0 Å². The molecule has 0 bridgehead atoms. The lowest BCUT2D eigenvalue weighted by molar-refractivity contribution is -0.123. The van der Waals surface area contributed by atoms with Gasteiger partial charge in [0.1, 0.15) is 5.75 Å². The first-order valence-corrected chi connectivity index (χ1v) is 10.5. The standard InChI is InChI=1S/C18H16N2O4S3/c1-12-10-13(8-9-15(12)24-2)11-16-17(21)20(18(25)26-16)19-27(22,23)14-6-4-3-5-7-14/h3-11,19H,1-2H3/b16-11+. The molecule has 0 aliphatic carbocycles. The van der Waals surface area contributed by atoms with E-state index in [0.29, 0.717) is 4.91 Å². The average molecular weight is 421 g/mol. The molecule has 1 N–H and O–H groups in total. The van der Waals surface area contributed by atoms with Gasteiger partial charge in [0.25, 0.3) is 15.9 Å². The highest BCUT2D eigenvalue weighted by Gasteiger charge is 2.35. The molecule has 6 nitrogen and oxygen atoms in total. The summed E-state index contributed by atoms with van der Waals surface area (Å²) in [4.78, 5) is 15.3. The van der Waals surface area contributed by atoms with Gasteiger partial charge in [-0.2, -0.15) is 0 Å². The molecule has 2 aromatic rings. The first-order chi connectivity index (χ1) is 12.8. The lowest BCUT2D eigenvalue weighted by Crippen LogP contribution is -2.44. The van der Waals surface area contributed by atoms with Crippen molar-refractivity contribution in [3.8, 4) is 5.75 Å². The Labute approximate surface area is 167 Å². The highest BCUT2D eigenvalue weighted by molar-refractivity contribution is 8.26. The molecular weight excluding hydrogens is 404 g/mol. The Bertz CT molecular complexity index is 1030. The number of hydrogen-bond acceptors (Lipinski definition) is 6. The van der Waals surface area contributed by atoms with Crippen molar-refractivity contribution in [1.82, 2.24) is 9.84 Å². The predicted octanol–water partition coefficient (Wildman–Crippen LogP) is 3.10. The van der Waals surface area contributed by atoms with Gasteiger partial charge in [-0.1, -0.05) is 48.2 Å². The molecule has 1 heterocycles. The topological polar surface area (TPSA) is 75.7 Å². The quantitative estimate of drug-likeness (QED) is 0.592. The molecule has 3 rings (SSSR count). The number of sulfonamides is 1. The van der Waals surface area contributed by atoms with E-state index in [9.17, 15) is 13.2 Å². The van der Waals surface area contributed by atoms with E-state index in [4.69, 9.17) is 17.0 Å². The Balaban J connectivity index is 1.84. The zero-order valence-corrected chi connectivity index (χ0v) is 17.0. The molecule has 0 atom stereocenters. The predicted molar refractivity (Wildman–Crippen MR) is 110 cm³/mol. The van der Waals surface area contributed by atoms with Crippen LogP contribution in [0.2, 0.25) is 0 Å². The number of hydrazine groups is 1. The largest absolute Gasteiger partial charge is 0.496 e. The SMILES string of the molecule is COc1ccc(/C=C2/SC(=S)N(NS(=O)(=O)c3ccccc3)C2=O)cc1C. The molecule has 1 saturated heterocycles. The minimum atomic E-state index is -3.91. The van der Waals surface area contributed by atoms with Crippen LogP contribution in [0.4, 0.5) is 0 Å². The van der Waals surface area contributed by atoms with Crippen molar-refractivity contribution in [2.24, 2.45) is 0 Å². The van der Waals surface area contributed by atoms with Crippen LogP contribution in [0.5, 0.6) is 5.75 Å². The van der Waals surface area contributed by atoms with E-state index in [0.717, 1.165) is 33.6 Å². The van der Waals surface area contributed by atoms with Crippen LogP contribution in [0.1, 0.15) is 11.1 Å². The van der Waals surface area contributed by atoms with Gasteiger partial charge in [0.2, 0.25) is 0 Å². The van der Waals surface area contributed by atoms with Gasteiger partial charge in [-0.3, -0.25) is 4.79 Å². The summed E-state index contributed by atoms with van der Waals surface area (Å²) in [5.74, 6) is 0.230. The maximum absolute atomic E-state index is 12.6. The molecule has 2 aromatic carbocycles. The number of nitrogens with zero attached hydrogens (tertiary/aromatic N) is 1. The highest BCUT2D eigenvalue weighted by Crippen LogP contribution is 2.32. The first-order valence-electron chi connectivity index (χ1n) is 7.82. The minimum absolute atomic E-state index is 0.0498. The lowest BCUT2D eigenvalue weighted by Gasteiger charge is -2.15. The van der Waals surface area contributed by atoms with Crippen LogP contribution in [0.3, 0.4) is 0 Å². The normalized spacial score (nSPS) is 16.2. The zero-order chi connectivity index (χ0) is 19.6. The molecule has 0 aromatic heterocycles. The van der Waals surface area contributed by atoms with Crippen molar-refractivity contribution in [2.45, 2.75) is 11.8 Å². The van der Waals surface area contributed by atoms with Gasteiger partial charge in [-0.25, -0.2) is 13.4 Å². The van der Waals surface area contributed by atoms with Crippen molar-refractivity contribution in [3.63, 3.8) is 0 Å². The minimum Gasteiger partial charge on any atom is -0.496 e. The fraction of sp³-hybridized carbons (Fsp3) is 0.111. The van der Waals surface area contributed by atoms with Crippen molar-refractivity contribution in [2.75, 3.05) is 7.11 Å². The maximum Gasteiger partial charge on any atom is 0.281 e. The molecule has 1 aliphatic rings. The molecule has 0 unspecified atom stereocenters. The zero-order valence-electron chi connectivity index (χ0n) is 14.5. The van der Waals surface area contributed by atoms with E-state index < -0.39 is 15.9 Å². The summed E-state index contributed by atoms with van der Waals surface area (Å²) in [6.45, 7) is 1.90. The molecule has 27 heavy (non-hydrogen) atoms. The van der Waals surface area contributed by atoms with E-state index in [1.807, 2.05) is 19.1 Å². The Morgan fingerprint density at radius 2 is 1.89 bits per heavy atom. The van der Waals surface area contributed by atoms with E-state index in [2.05, 4.69) is 4.83 Å². The number of hydrogen-bond donors (Lipinski definition) is 1. The number of ether oxygens (including phenoxy) is 1. The van der Waals surface area contributed by atoms with Crippen LogP contribution in [0, 0.1) is 6.92 Å². The van der Waals surface area contributed by atoms with Crippen LogP contribution in [0.15, 0.2) is 58.3 Å². The van der Waals surface area contributed by atoms with Crippen LogP contribution < -0.4 is 9.57 Å². The third-order valence-corrected chi connectivity index (χ3v) is 6.39. The summed E-state index contributed by atoms with van der Waals surface area (Å²) in [5.41, 5.74) is 1.71. The van der Waals surface area contributed by atoms with Crippen LogP contribution in [-0.4, -0.2) is 30.8 Å². The maximum atomic E-state index is 12.6. The van der Waals surface area contributed by atoms with Crippen LogP contribution >= 0.6 is 24.0 Å². The van der Waals surface area contributed by atoms with E-state index in [1.165, 1.54) is 12.1 Å². The number of carbonyl (C=O) groups is 1. The lowest BCUT2D eigenvalue weighted by atomic mass is 10.1. The molecule has 0 spiro atoms. The highest BCUT2D eigenvalue weighted by atomic mass is 32.2. The van der Waals surface area contributed by atoms with E-state index in [-0.39, 0.29) is 9.22 Å². The van der Waals surface area contributed by atoms with E-state index in [1.54, 1.807) is 37.5 Å². The summed E-state index contributed by atoms with van der Waals surface area (Å²) in [5, 5.41) is 0.880. The monoisotopic (exact) mass is 420 g/mol. The van der Waals surface area contributed by atoms with Gasteiger partial charge in [0.05, 0.1) is 16.9 Å². The number of thioether (sulfide) groups is 1. The van der Waals surface area contributed by atoms with Crippen molar-refractivity contribution in [3.05, 3.63) is 64.6 Å². The smallest absolute Gasteiger partial charge is 0.281 e. The van der Waals surface area contributed by atoms with Crippen LogP contribution in [0.25, 0.3) is 6.08 Å². The fourth-order valence-electron chi connectivity index (χ4n) is 2.46. The molecule has 0 radical (unpaired) electrons. The second-order valence-electron chi connectivity index (χ2n) is 5.65. The summed E-state index contributed by atoms with van der Waals surface area (Å²) >= 11 is 6.21. The third-order valence-electron chi connectivity index (χ3n) is 3.78. The number of nitrogens with one attached hydrogen (secondary N) is 1. The summed E-state index contributed by atoms with van der Waals surface area (Å²) in [6.07, 6.45) is 1.67. The Morgan fingerprint density at radius 3 is 2.52 bits per heavy atom. The number of benzene rings is 2. The van der Waals surface area contributed by atoms with Gasteiger partial charge in [-0.05, 0) is 48.4 Å². The van der Waals surface area contributed by atoms with Crippen molar-refractivity contribution in [1.29, 1.82) is 0 Å². The average Bonchev–Trinajstić information content (AvgIpc) is 2.90. The molecule has 140 valence electrons. The Morgan fingerprint density at radius 1 is 1.19 bits per heavy atom. The number of methoxy groups -OCH3 is 1. The number of thiocarbonyl (C=S) groups is 1. The summed E-state index contributed by atoms with van der Waals surface area (Å²) < 4.78 is 30.2. The van der Waals surface area contributed by atoms with Crippen molar-refractivity contribution >= 4 is 50.3 Å². The number of amides is 1. The van der Waals surface area contributed by atoms with Gasteiger partial charge in [-0.15, -0.1) is 4.83 Å². The van der Waals surface area contributed by atoms with Gasteiger partial charge in [0.15, 0.2) is 4.32 Å².